The van der Waals surface area contributed by atoms with Gasteiger partial charge in [0.2, 0.25) is 0 Å². The van der Waals surface area contributed by atoms with E-state index in [0.717, 1.165) is 24.3 Å². The molecule has 0 bridgehead atoms. The van der Waals surface area contributed by atoms with Crippen LogP contribution in [-0.4, -0.2) is 0 Å². The fourth-order valence-corrected chi connectivity index (χ4v) is 2.13. The SMILES string of the molecule is Fc1cccc(Cl)c1-c1cc(C(F)(F)F)ccc1Cl. The molecule has 0 aliphatic heterocycles. The Hall–Kier alpha value is -1.26. The average molecular weight is 309 g/mol. The first-order valence-electron chi connectivity index (χ1n) is 5.12. The van der Waals surface area contributed by atoms with Crippen LogP contribution in [0.3, 0.4) is 0 Å². The minimum absolute atomic E-state index is 0.000000000000000444. The van der Waals surface area contributed by atoms with Crippen LogP contribution >= 0.6 is 23.2 Å². The predicted molar refractivity (Wildman–Crippen MR) is 66.9 cm³/mol. The minimum Gasteiger partial charge on any atom is -0.206 e. The molecule has 0 heterocycles. The highest BCUT2D eigenvalue weighted by atomic mass is 35.5. The molecule has 0 aliphatic carbocycles. The van der Waals surface area contributed by atoms with E-state index in [1.807, 2.05) is 0 Å². The Balaban J connectivity index is 2.69. The zero-order chi connectivity index (χ0) is 14.2. The fourth-order valence-electron chi connectivity index (χ4n) is 1.65. The van der Waals surface area contributed by atoms with Gasteiger partial charge in [-0.25, -0.2) is 4.39 Å². The largest absolute Gasteiger partial charge is 0.416 e. The van der Waals surface area contributed by atoms with Gasteiger partial charge in [0, 0.05) is 16.1 Å². The maximum Gasteiger partial charge on any atom is 0.416 e. The highest BCUT2D eigenvalue weighted by Crippen LogP contribution is 2.39. The summed E-state index contributed by atoms with van der Waals surface area (Å²) in [6.07, 6.45) is -4.53. The summed E-state index contributed by atoms with van der Waals surface area (Å²) < 4.78 is 51.7. The molecule has 0 spiro atoms. The molecule has 0 N–H and O–H groups in total. The molecular formula is C13H6Cl2F4. The molecule has 0 nitrogen and oxygen atoms in total. The third-order valence-electron chi connectivity index (χ3n) is 2.53. The van der Waals surface area contributed by atoms with E-state index < -0.39 is 17.6 Å². The van der Waals surface area contributed by atoms with Crippen molar-refractivity contribution < 1.29 is 17.6 Å². The highest BCUT2D eigenvalue weighted by Gasteiger charge is 2.31. The molecule has 0 amide bonds. The molecule has 0 aliphatic rings. The van der Waals surface area contributed by atoms with Gasteiger partial charge in [0.05, 0.1) is 10.6 Å². The summed E-state index contributed by atoms with van der Waals surface area (Å²) in [7, 11) is 0. The number of rotatable bonds is 1. The Kier molecular flexibility index (Phi) is 3.74. The summed E-state index contributed by atoms with van der Waals surface area (Å²) >= 11 is 11.7. The zero-order valence-electron chi connectivity index (χ0n) is 9.23. The van der Waals surface area contributed by atoms with Gasteiger partial charge in [0.25, 0.3) is 0 Å². The lowest BCUT2D eigenvalue weighted by Gasteiger charge is -2.12. The fraction of sp³-hybridized carbons (Fsp3) is 0.0769. The summed E-state index contributed by atoms with van der Waals surface area (Å²) in [5, 5.41) is 0.00113. The van der Waals surface area contributed by atoms with Crippen molar-refractivity contribution in [1.82, 2.24) is 0 Å². The van der Waals surface area contributed by atoms with Gasteiger partial charge in [0.15, 0.2) is 0 Å². The van der Waals surface area contributed by atoms with E-state index in [9.17, 15) is 17.6 Å². The van der Waals surface area contributed by atoms with Crippen molar-refractivity contribution in [2.24, 2.45) is 0 Å². The van der Waals surface area contributed by atoms with Crippen molar-refractivity contribution in [1.29, 1.82) is 0 Å². The van der Waals surface area contributed by atoms with Crippen molar-refractivity contribution in [2.75, 3.05) is 0 Å². The van der Waals surface area contributed by atoms with Gasteiger partial charge in [-0.2, -0.15) is 13.2 Å². The van der Waals surface area contributed by atoms with Gasteiger partial charge >= 0.3 is 6.18 Å². The van der Waals surface area contributed by atoms with E-state index in [4.69, 9.17) is 23.2 Å². The number of hydrogen-bond acceptors (Lipinski definition) is 0. The molecule has 2 aromatic rings. The van der Waals surface area contributed by atoms with E-state index in [-0.39, 0.29) is 21.2 Å². The first-order chi connectivity index (χ1) is 8.80. The Labute approximate surface area is 116 Å². The summed E-state index contributed by atoms with van der Waals surface area (Å²) in [5.41, 5.74) is -1.13. The Morgan fingerprint density at radius 1 is 0.895 bits per heavy atom. The smallest absolute Gasteiger partial charge is 0.206 e. The van der Waals surface area contributed by atoms with E-state index in [2.05, 4.69) is 0 Å². The van der Waals surface area contributed by atoms with Crippen LogP contribution in [0.5, 0.6) is 0 Å². The average Bonchev–Trinajstić information content (AvgIpc) is 2.29. The van der Waals surface area contributed by atoms with E-state index in [1.54, 1.807) is 0 Å². The molecule has 100 valence electrons. The summed E-state index contributed by atoms with van der Waals surface area (Å²) in [6.45, 7) is 0. The van der Waals surface area contributed by atoms with E-state index >= 15 is 0 Å². The quantitative estimate of drug-likeness (QED) is 0.582. The molecule has 2 rings (SSSR count). The molecule has 0 saturated heterocycles. The normalized spacial score (nSPS) is 11.7. The Bertz CT molecular complexity index is 600. The van der Waals surface area contributed by atoms with Gasteiger partial charge < -0.3 is 0 Å². The lowest BCUT2D eigenvalue weighted by atomic mass is 10.0. The van der Waals surface area contributed by atoms with Crippen LogP contribution in [0, 0.1) is 5.82 Å². The monoisotopic (exact) mass is 308 g/mol. The van der Waals surface area contributed by atoms with Crippen molar-refractivity contribution in [3.8, 4) is 11.1 Å². The molecule has 0 unspecified atom stereocenters. The van der Waals surface area contributed by atoms with Crippen LogP contribution in [0.4, 0.5) is 17.6 Å². The second-order valence-corrected chi connectivity index (χ2v) is 4.60. The third kappa shape index (κ3) is 2.85. The number of halogens is 6. The van der Waals surface area contributed by atoms with Crippen LogP contribution in [0.2, 0.25) is 10.0 Å². The molecule has 0 fully saturated rings. The van der Waals surface area contributed by atoms with Gasteiger partial charge in [-0.1, -0.05) is 29.3 Å². The molecule has 0 atom stereocenters. The van der Waals surface area contributed by atoms with Gasteiger partial charge in [-0.3, -0.25) is 0 Å². The summed E-state index contributed by atoms with van der Waals surface area (Å²) in [6, 6.07) is 6.55. The highest BCUT2D eigenvalue weighted by molar-refractivity contribution is 6.36. The summed E-state index contributed by atoms with van der Waals surface area (Å²) in [4.78, 5) is 0. The lowest BCUT2D eigenvalue weighted by Crippen LogP contribution is -2.05. The van der Waals surface area contributed by atoms with Gasteiger partial charge in [0.1, 0.15) is 5.82 Å². The second kappa shape index (κ2) is 5.02. The second-order valence-electron chi connectivity index (χ2n) is 3.79. The third-order valence-corrected chi connectivity index (χ3v) is 3.17. The standard InChI is InChI=1S/C13H6Cl2F4/c14-9-5-4-7(13(17,18)19)6-8(9)12-10(15)2-1-3-11(12)16/h1-6H. The van der Waals surface area contributed by atoms with Crippen LogP contribution in [-0.2, 0) is 6.18 Å². The zero-order valence-corrected chi connectivity index (χ0v) is 10.7. The number of hydrogen-bond donors (Lipinski definition) is 0. The number of alkyl halides is 3. The minimum atomic E-state index is -4.53. The Morgan fingerprint density at radius 2 is 1.58 bits per heavy atom. The molecule has 0 aromatic heterocycles. The molecular weight excluding hydrogens is 303 g/mol. The van der Waals surface area contributed by atoms with E-state index in [0.29, 0.717) is 0 Å². The van der Waals surface area contributed by atoms with Gasteiger partial charge in [-0.15, -0.1) is 0 Å². The molecule has 2 aromatic carbocycles. The maximum atomic E-state index is 13.7. The molecule has 6 heteroatoms. The predicted octanol–water partition coefficient (Wildman–Crippen LogP) is 5.82. The first kappa shape index (κ1) is 14.2. The van der Waals surface area contributed by atoms with Crippen LogP contribution < -0.4 is 0 Å². The first-order valence-corrected chi connectivity index (χ1v) is 5.87. The van der Waals surface area contributed by atoms with E-state index in [1.165, 1.54) is 12.1 Å². The van der Waals surface area contributed by atoms with Gasteiger partial charge in [-0.05, 0) is 30.3 Å². The molecule has 19 heavy (non-hydrogen) atoms. The van der Waals surface area contributed by atoms with Crippen LogP contribution in [0.25, 0.3) is 11.1 Å². The topological polar surface area (TPSA) is 0 Å². The van der Waals surface area contributed by atoms with Crippen molar-refractivity contribution in [3.05, 3.63) is 57.8 Å². The van der Waals surface area contributed by atoms with Crippen molar-refractivity contribution in [3.63, 3.8) is 0 Å². The van der Waals surface area contributed by atoms with Crippen LogP contribution in [0.1, 0.15) is 5.56 Å². The summed E-state index contributed by atoms with van der Waals surface area (Å²) in [5.74, 6) is -0.728. The lowest BCUT2D eigenvalue weighted by molar-refractivity contribution is -0.137. The Morgan fingerprint density at radius 3 is 2.16 bits per heavy atom. The maximum absolute atomic E-state index is 13.7. The van der Waals surface area contributed by atoms with Crippen molar-refractivity contribution in [2.45, 2.75) is 6.18 Å². The van der Waals surface area contributed by atoms with Crippen molar-refractivity contribution >= 4 is 23.2 Å². The van der Waals surface area contributed by atoms with Crippen LogP contribution in [0.15, 0.2) is 36.4 Å². The number of benzene rings is 2. The molecule has 0 saturated carbocycles. The molecule has 0 radical (unpaired) electrons.